The largest absolute Gasteiger partial charge is 0.335 e. The van der Waals surface area contributed by atoms with Gasteiger partial charge in [0.15, 0.2) is 9.84 Å². The van der Waals surface area contributed by atoms with E-state index in [4.69, 9.17) is 0 Å². The Morgan fingerprint density at radius 2 is 1.64 bits per heavy atom. The predicted molar refractivity (Wildman–Crippen MR) is 96.2 cm³/mol. The van der Waals surface area contributed by atoms with Crippen LogP contribution in [0.1, 0.15) is 24.1 Å². The average molecular weight is 361 g/mol. The molecule has 6 heteroatoms. The number of carbonyl (C=O) groups excluding carboxylic acids is 1. The van der Waals surface area contributed by atoms with Crippen LogP contribution in [0.4, 0.5) is 4.39 Å². The monoisotopic (exact) mass is 361 g/mol. The maximum atomic E-state index is 12.9. The zero-order valence-corrected chi connectivity index (χ0v) is 15.1. The summed E-state index contributed by atoms with van der Waals surface area (Å²) in [4.78, 5) is 14.1. The molecule has 0 bridgehead atoms. The van der Waals surface area contributed by atoms with E-state index in [9.17, 15) is 17.6 Å². The van der Waals surface area contributed by atoms with Gasteiger partial charge in [-0.2, -0.15) is 0 Å². The second-order valence-corrected chi connectivity index (χ2v) is 7.87. The summed E-state index contributed by atoms with van der Waals surface area (Å²) < 4.78 is 35.9. The number of sulfone groups is 1. The van der Waals surface area contributed by atoms with Gasteiger partial charge in [0.2, 0.25) is 5.91 Å². The molecule has 0 aromatic heterocycles. The van der Waals surface area contributed by atoms with E-state index >= 15 is 0 Å². The molecule has 0 aliphatic rings. The van der Waals surface area contributed by atoms with Crippen molar-refractivity contribution in [1.29, 1.82) is 0 Å². The van der Waals surface area contributed by atoms with E-state index in [1.807, 2.05) is 6.92 Å². The van der Waals surface area contributed by atoms with Crippen LogP contribution in [0.25, 0.3) is 6.08 Å². The van der Waals surface area contributed by atoms with Gasteiger partial charge >= 0.3 is 0 Å². The minimum Gasteiger partial charge on any atom is -0.335 e. The van der Waals surface area contributed by atoms with Crippen LogP contribution in [0.15, 0.2) is 59.5 Å². The van der Waals surface area contributed by atoms with Gasteiger partial charge < -0.3 is 4.90 Å². The van der Waals surface area contributed by atoms with Crippen molar-refractivity contribution in [2.75, 3.05) is 13.3 Å². The smallest absolute Gasteiger partial charge is 0.246 e. The number of carbonyl (C=O) groups is 1. The van der Waals surface area contributed by atoms with Crippen LogP contribution in [-0.2, 0) is 14.6 Å². The maximum absolute atomic E-state index is 12.9. The van der Waals surface area contributed by atoms with Gasteiger partial charge in [0.25, 0.3) is 0 Å². The molecule has 0 saturated carbocycles. The van der Waals surface area contributed by atoms with Crippen LogP contribution < -0.4 is 0 Å². The number of hydrogen-bond donors (Lipinski definition) is 0. The average Bonchev–Trinajstić information content (AvgIpc) is 2.59. The van der Waals surface area contributed by atoms with Crippen molar-refractivity contribution in [2.24, 2.45) is 0 Å². The lowest BCUT2D eigenvalue weighted by Gasteiger charge is -2.24. The number of amides is 1. The fraction of sp³-hybridized carbons (Fsp3) is 0.211. The lowest BCUT2D eigenvalue weighted by atomic mass is 10.1. The van der Waals surface area contributed by atoms with E-state index in [2.05, 4.69) is 0 Å². The Labute approximate surface area is 147 Å². The molecule has 0 fully saturated rings. The Balaban J connectivity index is 2.09. The first-order valence-corrected chi connectivity index (χ1v) is 9.58. The fourth-order valence-corrected chi connectivity index (χ4v) is 2.90. The molecule has 0 N–H and O–H groups in total. The van der Waals surface area contributed by atoms with E-state index in [0.717, 1.165) is 17.4 Å². The summed E-state index contributed by atoms with van der Waals surface area (Å²) in [6.45, 7) is 1.86. The molecule has 0 spiro atoms. The number of hydrogen-bond acceptors (Lipinski definition) is 3. The van der Waals surface area contributed by atoms with Crippen molar-refractivity contribution < 1.29 is 17.6 Å². The van der Waals surface area contributed by atoms with E-state index in [1.165, 1.54) is 30.3 Å². The molecule has 2 aromatic carbocycles. The molecule has 0 aliphatic carbocycles. The van der Waals surface area contributed by atoms with Crippen molar-refractivity contribution in [3.8, 4) is 0 Å². The van der Waals surface area contributed by atoms with Gasteiger partial charge in [-0.15, -0.1) is 0 Å². The molecule has 1 unspecified atom stereocenters. The highest BCUT2D eigenvalue weighted by Crippen LogP contribution is 2.21. The van der Waals surface area contributed by atoms with Crippen molar-refractivity contribution in [1.82, 2.24) is 4.90 Å². The lowest BCUT2D eigenvalue weighted by molar-refractivity contribution is -0.126. The molecule has 2 rings (SSSR count). The predicted octanol–water partition coefficient (Wildman–Crippen LogP) is 3.46. The zero-order valence-electron chi connectivity index (χ0n) is 14.3. The summed E-state index contributed by atoms with van der Waals surface area (Å²) in [5.74, 6) is -0.532. The summed E-state index contributed by atoms with van der Waals surface area (Å²) in [5, 5.41) is 0. The van der Waals surface area contributed by atoms with Gasteiger partial charge in [-0.3, -0.25) is 4.79 Å². The summed E-state index contributed by atoms with van der Waals surface area (Å²) >= 11 is 0. The van der Waals surface area contributed by atoms with Crippen molar-refractivity contribution in [2.45, 2.75) is 17.9 Å². The third kappa shape index (κ3) is 5.00. The van der Waals surface area contributed by atoms with Crippen molar-refractivity contribution in [3.63, 3.8) is 0 Å². The Morgan fingerprint density at radius 1 is 1.08 bits per heavy atom. The van der Waals surface area contributed by atoms with Crippen LogP contribution in [0.2, 0.25) is 0 Å². The Hall–Kier alpha value is -2.47. The van der Waals surface area contributed by atoms with E-state index in [-0.39, 0.29) is 22.7 Å². The fourth-order valence-electron chi connectivity index (χ4n) is 2.27. The Morgan fingerprint density at radius 3 is 2.16 bits per heavy atom. The van der Waals surface area contributed by atoms with Gasteiger partial charge in [-0.1, -0.05) is 24.3 Å². The van der Waals surface area contributed by atoms with Gasteiger partial charge in [0, 0.05) is 19.4 Å². The molecular weight excluding hydrogens is 341 g/mol. The van der Waals surface area contributed by atoms with Gasteiger partial charge in [-0.25, -0.2) is 12.8 Å². The molecule has 4 nitrogen and oxygen atoms in total. The van der Waals surface area contributed by atoms with Crippen LogP contribution in [0.3, 0.4) is 0 Å². The number of nitrogens with zero attached hydrogens (tertiary/aromatic N) is 1. The highest BCUT2D eigenvalue weighted by Gasteiger charge is 2.16. The minimum atomic E-state index is -3.24. The molecule has 1 atom stereocenters. The molecular formula is C19H20FNO3S. The molecule has 132 valence electrons. The van der Waals surface area contributed by atoms with Gasteiger partial charge in [-0.05, 0) is 48.4 Å². The summed E-state index contributed by atoms with van der Waals surface area (Å²) in [7, 11) is -1.57. The third-order valence-electron chi connectivity index (χ3n) is 4.01. The molecule has 0 aliphatic heterocycles. The van der Waals surface area contributed by atoms with Crippen molar-refractivity contribution in [3.05, 3.63) is 71.6 Å². The number of rotatable bonds is 5. The third-order valence-corrected chi connectivity index (χ3v) is 5.14. The lowest BCUT2D eigenvalue weighted by Crippen LogP contribution is -2.28. The highest BCUT2D eigenvalue weighted by molar-refractivity contribution is 7.90. The number of likely N-dealkylation sites (N-methyl/N-ethyl adjacent to an activating group) is 1. The summed E-state index contributed by atoms with van der Waals surface area (Å²) in [6.07, 6.45) is 4.20. The quantitative estimate of drug-likeness (QED) is 0.767. The van der Waals surface area contributed by atoms with E-state index < -0.39 is 9.84 Å². The first kappa shape index (κ1) is 18.9. The topological polar surface area (TPSA) is 54.5 Å². The second kappa shape index (κ2) is 7.61. The minimum absolute atomic E-state index is 0.205. The first-order chi connectivity index (χ1) is 11.7. The van der Waals surface area contributed by atoms with Gasteiger partial charge in [0.1, 0.15) is 5.82 Å². The molecule has 0 radical (unpaired) electrons. The summed E-state index contributed by atoms with van der Waals surface area (Å²) in [6, 6.07) is 12.1. The van der Waals surface area contributed by atoms with Crippen LogP contribution in [-0.4, -0.2) is 32.5 Å². The van der Waals surface area contributed by atoms with Gasteiger partial charge in [0.05, 0.1) is 10.9 Å². The normalized spacial score (nSPS) is 13.0. The summed E-state index contributed by atoms with van der Waals surface area (Å²) in [5.41, 5.74) is 1.56. The molecule has 0 heterocycles. The molecule has 1 amide bonds. The van der Waals surface area contributed by atoms with Crippen LogP contribution >= 0.6 is 0 Å². The van der Waals surface area contributed by atoms with E-state index in [1.54, 1.807) is 42.3 Å². The first-order valence-electron chi connectivity index (χ1n) is 7.69. The second-order valence-electron chi connectivity index (χ2n) is 5.85. The number of benzene rings is 2. The van der Waals surface area contributed by atoms with Crippen LogP contribution in [0, 0.1) is 5.82 Å². The maximum Gasteiger partial charge on any atom is 0.246 e. The standard InChI is InChI=1S/C19H20FNO3S/c1-14(16-7-11-18(12-8-16)25(3,23)24)21(2)19(22)13-6-15-4-9-17(20)10-5-15/h4-14H,1-3H3. The Bertz CT molecular complexity index is 872. The molecule has 25 heavy (non-hydrogen) atoms. The Kier molecular flexibility index (Phi) is 5.74. The number of halogens is 1. The molecule has 2 aromatic rings. The zero-order chi connectivity index (χ0) is 18.6. The van der Waals surface area contributed by atoms with Crippen molar-refractivity contribution >= 4 is 21.8 Å². The molecule has 0 saturated heterocycles. The highest BCUT2D eigenvalue weighted by atomic mass is 32.2. The SMILES string of the molecule is CC(c1ccc(S(C)(=O)=O)cc1)N(C)C(=O)C=Cc1ccc(F)cc1. The van der Waals surface area contributed by atoms with E-state index in [0.29, 0.717) is 0 Å². The van der Waals surface area contributed by atoms with Crippen LogP contribution in [0.5, 0.6) is 0 Å².